The zero-order chi connectivity index (χ0) is 46.8. The molecule has 2 aliphatic heterocycles. The Labute approximate surface area is 379 Å². The molecule has 8 rings (SSSR count). The topological polar surface area (TPSA) is 216 Å². The number of benzene rings is 2. The van der Waals surface area contributed by atoms with Crippen LogP contribution in [0.3, 0.4) is 0 Å². The van der Waals surface area contributed by atoms with Gasteiger partial charge in [-0.1, -0.05) is 12.2 Å². The Morgan fingerprint density at radius 1 is 0.909 bits per heavy atom. The molecule has 4 amide bonds. The number of aryl methyl sites for hydroxylation is 4. The summed E-state index contributed by atoms with van der Waals surface area (Å²) in [6, 6.07) is 13.4. The van der Waals surface area contributed by atoms with E-state index in [9.17, 15) is 28.8 Å². The van der Waals surface area contributed by atoms with Crippen LogP contribution in [0.2, 0.25) is 0 Å². The largest absolute Gasteiger partial charge is 0.493 e. The average Bonchev–Trinajstić information content (AvgIpc) is 4.11. The van der Waals surface area contributed by atoms with Gasteiger partial charge >= 0.3 is 0 Å². The lowest BCUT2D eigenvalue weighted by molar-refractivity contribution is -0.116. The number of rotatable bonds is 16. The molecular formula is C48H50N10O8. The Morgan fingerprint density at radius 2 is 1.71 bits per heavy atom. The number of hydrogen-bond acceptors (Lipinski definition) is 10. The van der Waals surface area contributed by atoms with Crippen LogP contribution in [0.5, 0.6) is 5.75 Å². The molecule has 0 saturated carbocycles. The lowest BCUT2D eigenvalue weighted by atomic mass is 10.1. The lowest BCUT2D eigenvalue weighted by Gasteiger charge is -2.20. The quantitative estimate of drug-likeness (QED) is 0.0575. The average molecular weight is 895 g/mol. The first kappa shape index (κ1) is 44.7. The number of carbonyl (C=O) groups is 6. The van der Waals surface area contributed by atoms with Crippen LogP contribution in [0.1, 0.15) is 89.1 Å². The van der Waals surface area contributed by atoms with E-state index in [1.54, 1.807) is 115 Å². The predicted octanol–water partition coefficient (Wildman–Crippen LogP) is 5.12. The van der Waals surface area contributed by atoms with Crippen LogP contribution in [0, 0.1) is 6.92 Å². The highest BCUT2D eigenvalue weighted by molar-refractivity contribution is 6.07. The van der Waals surface area contributed by atoms with Gasteiger partial charge in [0.2, 0.25) is 11.7 Å². The molecule has 1 atom stereocenters. The van der Waals surface area contributed by atoms with E-state index in [1.807, 2.05) is 6.92 Å². The molecule has 2 aliphatic rings. The molecule has 0 unspecified atom stereocenters. The van der Waals surface area contributed by atoms with E-state index >= 15 is 0 Å². The minimum absolute atomic E-state index is 0.0232. The first-order valence-electron chi connectivity index (χ1n) is 21.5. The fourth-order valence-corrected chi connectivity index (χ4v) is 8.25. The zero-order valence-corrected chi connectivity index (χ0v) is 37.1. The second kappa shape index (κ2) is 18.7. The van der Waals surface area contributed by atoms with Gasteiger partial charge in [-0.15, -0.1) is 0 Å². The molecule has 0 bridgehead atoms. The summed E-state index contributed by atoms with van der Waals surface area (Å²) in [5, 5.41) is 18.0. The first-order chi connectivity index (χ1) is 31.7. The number of hydrogen-bond donors (Lipinski definition) is 4. The van der Waals surface area contributed by atoms with Gasteiger partial charge in [0.25, 0.3) is 23.6 Å². The zero-order valence-electron chi connectivity index (χ0n) is 37.1. The summed E-state index contributed by atoms with van der Waals surface area (Å²) >= 11 is 0. The monoisotopic (exact) mass is 894 g/mol. The Balaban J connectivity index is 0.825. The van der Waals surface area contributed by atoms with Crippen LogP contribution in [0.15, 0.2) is 90.5 Å². The van der Waals surface area contributed by atoms with Gasteiger partial charge in [-0.05, 0) is 79.8 Å². The molecule has 0 radical (unpaired) electrons. The highest BCUT2D eigenvalue weighted by atomic mass is 16.5. The summed E-state index contributed by atoms with van der Waals surface area (Å²) in [7, 11) is 5.04. The molecule has 340 valence electrons. The molecular weight excluding hydrogens is 845 g/mol. The van der Waals surface area contributed by atoms with Gasteiger partial charge in [0.05, 0.1) is 35.1 Å². The molecule has 6 aromatic rings. The molecule has 0 aliphatic carbocycles. The van der Waals surface area contributed by atoms with E-state index in [2.05, 4.69) is 32.5 Å². The highest BCUT2D eigenvalue weighted by Crippen LogP contribution is 2.35. The molecule has 1 fully saturated rings. The minimum atomic E-state index is -0.448. The molecule has 66 heavy (non-hydrogen) atoms. The number of aliphatic imine (C=N–C) groups is 1. The number of fused-ring (bicyclic) bond motifs is 3. The Morgan fingerprint density at radius 3 is 2.52 bits per heavy atom. The summed E-state index contributed by atoms with van der Waals surface area (Å²) in [6.45, 7) is 6.98. The second-order valence-corrected chi connectivity index (χ2v) is 16.6. The summed E-state index contributed by atoms with van der Waals surface area (Å²) < 4.78 is 12.2. The highest BCUT2D eigenvalue weighted by Gasteiger charge is 2.34. The third-order valence-corrected chi connectivity index (χ3v) is 11.6. The maximum Gasteiger partial charge on any atom is 0.279 e. The summed E-state index contributed by atoms with van der Waals surface area (Å²) in [4.78, 5) is 89.9. The van der Waals surface area contributed by atoms with Crippen LogP contribution < -0.4 is 20.7 Å². The van der Waals surface area contributed by atoms with Gasteiger partial charge in [0.1, 0.15) is 17.1 Å². The number of amides is 4. The normalized spacial score (nSPS) is 14.3. The van der Waals surface area contributed by atoms with Gasteiger partial charge in [-0.25, -0.2) is 4.98 Å². The van der Waals surface area contributed by atoms with Crippen LogP contribution in [-0.2, 0) is 32.4 Å². The molecule has 18 nitrogen and oxygen atoms in total. The number of carbonyl (C=O) groups excluding carboxylic acids is 6. The van der Waals surface area contributed by atoms with Crippen molar-refractivity contribution in [1.29, 1.82) is 0 Å². The number of ether oxygens (including phenoxy) is 1. The molecule has 18 heteroatoms. The van der Waals surface area contributed by atoms with Gasteiger partial charge < -0.3 is 44.4 Å². The number of nitrogens with one attached hydrogen (secondary N) is 3. The Hall–Kier alpha value is -7.86. The van der Waals surface area contributed by atoms with Crippen LogP contribution in [0.4, 0.5) is 17.2 Å². The maximum atomic E-state index is 13.7. The van der Waals surface area contributed by atoms with Gasteiger partial charge in [0.15, 0.2) is 11.6 Å². The molecule has 0 spiro atoms. The molecule has 4 N–H and O–H groups in total. The minimum Gasteiger partial charge on any atom is -0.493 e. The Kier molecular flexibility index (Phi) is 12.7. The molecule has 4 aromatic heterocycles. The van der Waals surface area contributed by atoms with Crippen molar-refractivity contribution >= 4 is 69.6 Å². The Bertz CT molecular complexity index is 2980. The fraction of sp³-hybridized carbons (Fsp3) is 0.292. The summed E-state index contributed by atoms with van der Waals surface area (Å²) in [5.74, 6) is -0.822. The number of imidazole rings is 1. The number of anilines is 2. The third-order valence-electron chi connectivity index (χ3n) is 11.6. The SMILES string of the molecule is C=C1C[C@H]2C=Nc3cc(OCCCC(=O)Nc4cn(C)c(C(=O)Cc5cc(C(=O)Nc6cc(C(=O)n7ccc8cc(C(=O)NCCCO)ccc87)n(C)c6)n(C)c5)n4)c(C)cc3C(=O)N2C1. The van der Waals surface area contributed by atoms with Crippen molar-refractivity contribution in [3.8, 4) is 5.75 Å². The van der Waals surface area contributed by atoms with Gasteiger partial charge in [-0.3, -0.25) is 38.3 Å². The number of aliphatic hydroxyl groups is 1. The van der Waals surface area contributed by atoms with E-state index in [4.69, 9.17) is 9.84 Å². The number of Topliss-reactive ketones (excluding diaryl/α,β-unsaturated/α-hetero) is 1. The molecule has 2 aromatic carbocycles. The van der Waals surface area contributed by atoms with Gasteiger partial charge in [0, 0.05) is 102 Å². The van der Waals surface area contributed by atoms with Crippen molar-refractivity contribution in [2.75, 3.05) is 36.9 Å². The maximum absolute atomic E-state index is 13.7. The summed E-state index contributed by atoms with van der Waals surface area (Å²) in [5.41, 5.74) is 5.45. The van der Waals surface area contributed by atoms with Crippen molar-refractivity contribution in [2.24, 2.45) is 26.1 Å². The number of ketones is 1. The smallest absolute Gasteiger partial charge is 0.279 e. The third kappa shape index (κ3) is 9.35. The number of nitrogens with zero attached hydrogens (tertiary/aromatic N) is 7. The van der Waals surface area contributed by atoms with E-state index in [1.165, 1.54) is 9.13 Å². The van der Waals surface area contributed by atoms with E-state index in [-0.39, 0.29) is 78.8 Å². The van der Waals surface area contributed by atoms with Crippen molar-refractivity contribution in [2.45, 2.75) is 45.1 Å². The number of aliphatic hydroxyl groups excluding tert-OH is 1. The predicted molar refractivity (Wildman–Crippen MR) is 247 cm³/mol. The van der Waals surface area contributed by atoms with E-state index in [0.717, 1.165) is 11.1 Å². The fourth-order valence-electron chi connectivity index (χ4n) is 8.25. The molecule has 1 saturated heterocycles. The van der Waals surface area contributed by atoms with E-state index < -0.39 is 5.91 Å². The molecule has 6 heterocycles. The van der Waals surface area contributed by atoms with Crippen molar-refractivity contribution in [3.05, 3.63) is 125 Å². The van der Waals surface area contributed by atoms with Gasteiger partial charge in [-0.2, -0.15) is 0 Å². The van der Waals surface area contributed by atoms with Crippen molar-refractivity contribution in [1.82, 2.24) is 33.5 Å². The first-order valence-corrected chi connectivity index (χ1v) is 21.5. The van der Waals surface area contributed by atoms with Crippen LogP contribution >= 0.6 is 0 Å². The van der Waals surface area contributed by atoms with Crippen LogP contribution in [-0.4, -0.2) is 107 Å². The summed E-state index contributed by atoms with van der Waals surface area (Å²) in [6.07, 6.45) is 9.91. The lowest BCUT2D eigenvalue weighted by Crippen LogP contribution is -2.35. The second-order valence-electron chi connectivity index (χ2n) is 16.6. The number of aromatic nitrogens is 5. The van der Waals surface area contributed by atoms with E-state index in [0.29, 0.717) is 82.8 Å². The van der Waals surface area contributed by atoms with Crippen LogP contribution in [0.25, 0.3) is 10.9 Å². The van der Waals surface area contributed by atoms with Crippen molar-refractivity contribution in [3.63, 3.8) is 0 Å². The van der Waals surface area contributed by atoms with Crippen molar-refractivity contribution < 1.29 is 38.6 Å². The standard InChI is InChI=1S/C48H50N10O8/c1-28-16-34-23-50-36-22-41(29(2)17-35(36)47(64)58(34)24-28)66-15-6-8-43(61)52-42-27-56(5)44(53-42)40(60)19-30-18-38(54(3)25-30)46(63)51-33-21-39(55(4)26-33)48(65)57-13-11-31-20-32(9-10-37(31)57)45(62)49-12-7-14-59/h9-11,13,17-18,20-23,25-27,34,59H,1,6-8,12,14-16,19,24H2,2-5H3,(H,49,62)(H,51,63)(H,52,61)/t34-/m0/s1.